The molecule has 4 heteroatoms. The van der Waals surface area contributed by atoms with E-state index in [0.29, 0.717) is 12.2 Å². The van der Waals surface area contributed by atoms with Crippen LogP contribution in [0.5, 0.6) is 0 Å². The first kappa shape index (κ1) is 16.1. The van der Waals surface area contributed by atoms with E-state index in [1.54, 1.807) is 0 Å². The molecule has 1 aromatic rings. The lowest BCUT2D eigenvalue weighted by atomic mass is 9.82. The highest BCUT2D eigenvalue weighted by Crippen LogP contribution is 2.29. The van der Waals surface area contributed by atoms with Gasteiger partial charge in [0.1, 0.15) is 17.7 Å². The molecule has 1 atom stereocenters. The molecule has 0 saturated heterocycles. The van der Waals surface area contributed by atoms with Gasteiger partial charge in [0.2, 0.25) is 0 Å². The van der Waals surface area contributed by atoms with Crippen LogP contribution in [0.1, 0.15) is 44.6 Å². The van der Waals surface area contributed by atoms with E-state index < -0.39 is 17.7 Å². The molecule has 2 nitrogen and oxygen atoms in total. The Labute approximate surface area is 124 Å². The van der Waals surface area contributed by atoms with Crippen molar-refractivity contribution in [2.45, 2.75) is 51.6 Å². The molecule has 0 spiro atoms. The minimum absolute atomic E-state index is 0.0237. The van der Waals surface area contributed by atoms with Crippen LogP contribution in [0.15, 0.2) is 18.2 Å². The highest BCUT2D eigenvalue weighted by Gasteiger charge is 2.29. The molecule has 0 bridgehead atoms. The number of hydrogen-bond acceptors (Lipinski definition) is 2. The maximum atomic E-state index is 13.2. The number of rotatable bonds is 6. The second-order valence-corrected chi connectivity index (χ2v) is 5.69. The van der Waals surface area contributed by atoms with Gasteiger partial charge in [-0.2, -0.15) is 0 Å². The molecule has 0 aromatic heterocycles. The number of hydrogen-bond donors (Lipinski definition) is 0. The van der Waals surface area contributed by atoms with Gasteiger partial charge < -0.3 is 4.74 Å². The van der Waals surface area contributed by atoms with Gasteiger partial charge in [-0.3, -0.25) is 4.79 Å². The molecule has 1 aromatic carbocycles. The summed E-state index contributed by atoms with van der Waals surface area (Å²) in [6.45, 7) is 2.34. The zero-order chi connectivity index (χ0) is 15.2. The quantitative estimate of drug-likeness (QED) is 0.791. The molecule has 0 aliphatic heterocycles. The highest BCUT2D eigenvalue weighted by atomic mass is 19.1. The van der Waals surface area contributed by atoms with Crippen molar-refractivity contribution in [3.8, 4) is 0 Å². The van der Waals surface area contributed by atoms with Crippen molar-refractivity contribution in [3.05, 3.63) is 35.4 Å². The van der Waals surface area contributed by atoms with Crippen LogP contribution in [-0.4, -0.2) is 18.5 Å². The molecule has 1 fully saturated rings. The summed E-state index contributed by atoms with van der Waals surface area (Å²) in [7, 11) is 0. The summed E-state index contributed by atoms with van der Waals surface area (Å²) in [6, 6.07) is 3.24. The van der Waals surface area contributed by atoms with Gasteiger partial charge in [-0.15, -0.1) is 0 Å². The normalized spacial score (nSPS) is 17.7. The van der Waals surface area contributed by atoms with E-state index in [0.717, 1.165) is 31.7 Å². The predicted molar refractivity (Wildman–Crippen MR) is 77.1 cm³/mol. The van der Waals surface area contributed by atoms with Gasteiger partial charge >= 0.3 is 0 Å². The molecule has 0 heterocycles. The molecule has 116 valence electrons. The van der Waals surface area contributed by atoms with Crippen molar-refractivity contribution in [1.82, 2.24) is 0 Å². The van der Waals surface area contributed by atoms with Crippen LogP contribution < -0.4 is 0 Å². The monoisotopic (exact) mass is 296 g/mol. The number of carbonyl (C=O) groups excluding carboxylic acids is 1. The number of benzene rings is 1. The zero-order valence-corrected chi connectivity index (χ0v) is 12.4. The summed E-state index contributed by atoms with van der Waals surface area (Å²) in [6.07, 6.45) is 5.02. The first-order valence-corrected chi connectivity index (χ1v) is 7.69. The fourth-order valence-electron chi connectivity index (χ4n) is 3.12. The smallest absolute Gasteiger partial charge is 0.166 e. The van der Waals surface area contributed by atoms with E-state index >= 15 is 0 Å². The summed E-state index contributed by atoms with van der Waals surface area (Å²) in [5.41, 5.74) is 0.373. The van der Waals surface area contributed by atoms with E-state index in [2.05, 4.69) is 0 Å². The molecule has 1 aliphatic rings. The summed E-state index contributed by atoms with van der Waals surface area (Å²) >= 11 is 0. The van der Waals surface area contributed by atoms with Crippen LogP contribution in [0.2, 0.25) is 0 Å². The Kier molecular flexibility index (Phi) is 5.85. The van der Waals surface area contributed by atoms with Crippen molar-refractivity contribution in [2.24, 2.45) is 5.92 Å². The fraction of sp³-hybridized carbons (Fsp3) is 0.588. The Morgan fingerprint density at radius 2 is 1.81 bits per heavy atom. The van der Waals surface area contributed by atoms with Crippen molar-refractivity contribution in [1.29, 1.82) is 0 Å². The number of ketones is 1. The molecule has 2 rings (SSSR count). The Balaban J connectivity index is 2.06. The topological polar surface area (TPSA) is 26.3 Å². The van der Waals surface area contributed by atoms with Crippen molar-refractivity contribution in [3.63, 3.8) is 0 Å². The van der Waals surface area contributed by atoms with Gasteiger partial charge in [0, 0.05) is 19.1 Å². The summed E-state index contributed by atoms with van der Waals surface area (Å²) in [5, 5.41) is 0. The number of ether oxygens (including phenoxy) is 1. The van der Waals surface area contributed by atoms with Crippen molar-refractivity contribution in [2.75, 3.05) is 6.61 Å². The van der Waals surface area contributed by atoms with E-state index in [-0.39, 0.29) is 18.1 Å². The second kappa shape index (κ2) is 7.64. The molecule has 1 saturated carbocycles. The average Bonchev–Trinajstić information content (AvgIpc) is 2.44. The first-order valence-electron chi connectivity index (χ1n) is 7.69. The lowest BCUT2D eigenvalue weighted by molar-refractivity contribution is -0.134. The van der Waals surface area contributed by atoms with E-state index in [1.165, 1.54) is 18.6 Å². The third kappa shape index (κ3) is 4.60. The molecule has 1 unspecified atom stereocenters. The zero-order valence-electron chi connectivity index (χ0n) is 12.4. The maximum absolute atomic E-state index is 13.2. The third-order valence-corrected chi connectivity index (χ3v) is 4.04. The Hall–Kier alpha value is -1.29. The lowest BCUT2D eigenvalue weighted by Crippen LogP contribution is -2.35. The van der Waals surface area contributed by atoms with Crippen LogP contribution in [0, 0.1) is 17.6 Å². The highest BCUT2D eigenvalue weighted by molar-refractivity contribution is 5.85. The van der Waals surface area contributed by atoms with Crippen LogP contribution in [-0.2, 0) is 16.0 Å². The number of carbonyl (C=O) groups is 1. The molecule has 0 radical (unpaired) electrons. The maximum Gasteiger partial charge on any atom is 0.166 e. The Morgan fingerprint density at radius 3 is 2.38 bits per heavy atom. The van der Waals surface area contributed by atoms with Gasteiger partial charge in [-0.25, -0.2) is 8.78 Å². The molecule has 1 aliphatic carbocycles. The number of Topliss-reactive ketones (excluding diaryl/α,β-unsaturated/α-hetero) is 1. The molecule has 0 amide bonds. The second-order valence-electron chi connectivity index (χ2n) is 5.69. The molecule has 0 N–H and O–H groups in total. The van der Waals surface area contributed by atoms with Crippen molar-refractivity contribution >= 4 is 5.78 Å². The average molecular weight is 296 g/mol. The molecular weight excluding hydrogens is 274 g/mol. The van der Waals surface area contributed by atoms with E-state index in [9.17, 15) is 13.6 Å². The Bertz CT molecular complexity index is 461. The number of halogens is 2. The van der Waals surface area contributed by atoms with Crippen molar-refractivity contribution < 1.29 is 18.3 Å². The minimum atomic E-state index is -0.650. The molecular formula is C17H22F2O2. The SMILES string of the molecule is CCOC(C(=O)Cc1cc(F)cc(F)c1)C1CCCCC1. The summed E-state index contributed by atoms with van der Waals surface area (Å²) < 4.78 is 32.0. The lowest BCUT2D eigenvalue weighted by Gasteiger charge is -2.29. The first-order chi connectivity index (χ1) is 10.1. The molecule has 21 heavy (non-hydrogen) atoms. The van der Waals surface area contributed by atoms with Crippen LogP contribution in [0.4, 0.5) is 8.78 Å². The minimum Gasteiger partial charge on any atom is -0.370 e. The summed E-state index contributed by atoms with van der Waals surface area (Å²) in [4.78, 5) is 12.5. The van der Waals surface area contributed by atoms with Crippen LogP contribution in [0.25, 0.3) is 0 Å². The van der Waals surface area contributed by atoms with Gasteiger partial charge in [0.15, 0.2) is 5.78 Å². The van der Waals surface area contributed by atoms with Crippen LogP contribution in [0.3, 0.4) is 0 Å². The van der Waals surface area contributed by atoms with Gasteiger partial charge in [0.05, 0.1) is 0 Å². The predicted octanol–water partition coefficient (Wildman–Crippen LogP) is 4.06. The standard InChI is InChI=1S/C17H22F2O2/c1-2-21-17(13-6-4-3-5-7-13)16(20)10-12-8-14(18)11-15(19)9-12/h8-9,11,13,17H,2-7,10H2,1H3. The largest absolute Gasteiger partial charge is 0.370 e. The van der Waals surface area contributed by atoms with Gasteiger partial charge in [-0.05, 0) is 43.4 Å². The van der Waals surface area contributed by atoms with Crippen LogP contribution >= 0.6 is 0 Å². The van der Waals surface area contributed by atoms with E-state index in [4.69, 9.17) is 4.74 Å². The fourth-order valence-corrected chi connectivity index (χ4v) is 3.12. The van der Waals surface area contributed by atoms with Gasteiger partial charge in [-0.1, -0.05) is 19.3 Å². The van der Waals surface area contributed by atoms with Gasteiger partial charge in [0.25, 0.3) is 0 Å². The van der Waals surface area contributed by atoms with E-state index in [1.807, 2.05) is 6.92 Å². The summed E-state index contributed by atoms with van der Waals surface area (Å²) in [5.74, 6) is -1.13. The Morgan fingerprint density at radius 1 is 1.19 bits per heavy atom. The third-order valence-electron chi connectivity index (χ3n) is 4.04.